The molecule has 0 N–H and O–H groups in total. The van der Waals surface area contributed by atoms with Gasteiger partial charge in [-0.2, -0.15) is 13.2 Å². The van der Waals surface area contributed by atoms with E-state index in [1.165, 1.54) is 12.1 Å². The van der Waals surface area contributed by atoms with Crippen molar-refractivity contribution in [3.8, 4) is 5.75 Å². The van der Waals surface area contributed by atoms with Gasteiger partial charge in [0, 0.05) is 24.9 Å². The Morgan fingerprint density at radius 3 is 2.45 bits per heavy atom. The third-order valence-corrected chi connectivity index (χ3v) is 5.33. The standard InChI is InChI=1S/C21H19F3N2O3/c1-28-17-8-4-14(5-9-17)18-12-20(29-25-18)10-11-26(13-20)19(27)15-2-6-16(7-3-15)21(22,23)24/h2-9H,10-13H2,1H3. The number of nitrogens with zero attached hydrogens (tertiary/aromatic N) is 2. The van der Waals surface area contributed by atoms with Crippen molar-refractivity contribution in [2.75, 3.05) is 20.2 Å². The lowest BCUT2D eigenvalue weighted by Gasteiger charge is -2.22. The van der Waals surface area contributed by atoms with Crippen molar-refractivity contribution >= 4 is 11.6 Å². The van der Waals surface area contributed by atoms with E-state index >= 15 is 0 Å². The van der Waals surface area contributed by atoms with Crippen molar-refractivity contribution < 1.29 is 27.5 Å². The van der Waals surface area contributed by atoms with Gasteiger partial charge in [-0.05, 0) is 54.1 Å². The number of hydrogen-bond acceptors (Lipinski definition) is 4. The number of halogens is 3. The molecule has 152 valence electrons. The molecule has 2 aliphatic heterocycles. The molecule has 4 rings (SSSR count). The third kappa shape index (κ3) is 3.79. The van der Waals surface area contributed by atoms with E-state index in [0.29, 0.717) is 25.9 Å². The van der Waals surface area contributed by atoms with E-state index in [2.05, 4.69) is 5.16 Å². The summed E-state index contributed by atoms with van der Waals surface area (Å²) >= 11 is 0. The fourth-order valence-corrected chi connectivity index (χ4v) is 3.68. The maximum atomic E-state index is 12.7. The van der Waals surface area contributed by atoms with Crippen LogP contribution in [-0.4, -0.2) is 42.3 Å². The zero-order valence-corrected chi connectivity index (χ0v) is 15.7. The predicted octanol–water partition coefficient (Wildman–Crippen LogP) is 4.12. The summed E-state index contributed by atoms with van der Waals surface area (Å²) < 4.78 is 43.3. The highest BCUT2D eigenvalue weighted by molar-refractivity contribution is 6.02. The molecule has 2 aromatic rings. The fourth-order valence-electron chi connectivity index (χ4n) is 3.68. The van der Waals surface area contributed by atoms with Crippen LogP contribution < -0.4 is 4.74 Å². The van der Waals surface area contributed by atoms with E-state index in [1.54, 1.807) is 12.0 Å². The molecule has 0 bridgehead atoms. The Morgan fingerprint density at radius 2 is 1.83 bits per heavy atom. The van der Waals surface area contributed by atoms with Gasteiger partial charge in [0.2, 0.25) is 0 Å². The summed E-state index contributed by atoms with van der Waals surface area (Å²) in [5.41, 5.74) is 0.594. The van der Waals surface area contributed by atoms with Crippen LogP contribution in [0.15, 0.2) is 53.7 Å². The quantitative estimate of drug-likeness (QED) is 0.773. The van der Waals surface area contributed by atoms with Gasteiger partial charge in [0.1, 0.15) is 5.75 Å². The lowest BCUT2D eigenvalue weighted by molar-refractivity contribution is -0.137. The number of rotatable bonds is 3. The molecule has 1 fully saturated rings. The molecule has 0 saturated carbocycles. The molecule has 5 nitrogen and oxygen atoms in total. The summed E-state index contributed by atoms with van der Waals surface area (Å²) in [6.45, 7) is 0.807. The number of benzene rings is 2. The first-order valence-electron chi connectivity index (χ1n) is 9.16. The molecule has 1 spiro atoms. The van der Waals surface area contributed by atoms with E-state index in [4.69, 9.17) is 9.57 Å². The average Bonchev–Trinajstić information content (AvgIpc) is 3.34. The molecule has 1 atom stereocenters. The maximum Gasteiger partial charge on any atom is 0.416 e. The van der Waals surface area contributed by atoms with Gasteiger partial charge in [0.15, 0.2) is 5.60 Å². The number of likely N-dealkylation sites (tertiary alicyclic amines) is 1. The van der Waals surface area contributed by atoms with Crippen LogP contribution in [0.5, 0.6) is 5.75 Å². The summed E-state index contributed by atoms with van der Waals surface area (Å²) in [6, 6.07) is 11.8. The normalized spacial score (nSPS) is 21.2. The highest BCUT2D eigenvalue weighted by Gasteiger charge is 2.47. The minimum atomic E-state index is -4.42. The molecule has 1 amide bonds. The van der Waals surface area contributed by atoms with Gasteiger partial charge in [-0.15, -0.1) is 0 Å². The molecular formula is C21H19F3N2O3. The van der Waals surface area contributed by atoms with Crippen LogP contribution in [-0.2, 0) is 11.0 Å². The summed E-state index contributed by atoms with van der Waals surface area (Å²) in [4.78, 5) is 20.0. The van der Waals surface area contributed by atoms with Crippen LogP contribution in [0, 0.1) is 0 Å². The smallest absolute Gasteiger partial charge is 0.416 e. The first kappa shape index (κ1) is 19.3. The van der Waals surface area contributed by atoms with Crippen LogP contribution in [0.1, 0.15) is 34.3 Å². The molecule has 29 heavy (non-hydrogen) atoms. The van der Waals surface area contributed by atoms with Gasteiger partial charge in [0.25, 0.3) is 5.91 Å². The number of alkyl halides is 3. The zero-order valence-electron chi connectivity index (χ0n) is 15.7. The fraction of sp³-hybridized carbons (Fsp3) is 0.333. The first-order chi connectivity index (χ1) is 13.8. The van der Waals surface area contributed by atoms with Gasteiger partial charge >= 0.3 is 6.18 Å². The lowest BCUT2D eigenvalue weighted by Crippen LogP contribution is -2.36. The van der Waals surface area contributed by atoms with Crippen molar-refractivity contribution in [1.29, 1.82) is 0 Å². The molecule has 1 unspecified atom stereocenters. The predicted molar refractivity (Wildman–Crippen MR) is 99.9 cm³/mol. The second kappa shape index (κ2) is 7.09. The second-order valence-corrected chi connectivity index (χ2v) is 7.27. The van der Waals surface area contributed by atoms with Crippen molar-refractivity contribution in [1.82, 2.24) is 4.90 Å². The van der Waals surface area contributed by atoms with Gasteiger partial charge in [0.05, 0.1) is 24.9 Å². The zero-order chi connectivity index (χ0) is 20.6. The van der Waals surface area contributed by atoms with Crippen LogP contribution in [0.4, 0.5) is 13.2 Å². The Hall–Kier alpha value is -3.03. The van der Waals surface area contributed by atoms with Crippen molar-refractivity contribution in [2.24, 2.45) is 5.16 Å². The maximum absolute atomic E-state index is 12.7. The van der Waals surface area contributed by atoms with Crippen molar-refractivity contribution in [2.45, 2.75) is 24.6 Å². The number of carbonyl (C=O) groups is 1. The largest absolute Gasteiger partial charge is 0.497 e. The molecule has 0 radical (unpaired) electrons. The Labute approximate surface area is 165 Å². The number of amides is 1. The summed E-state index contributed by atoms with van der Waals surface area (Å²) in [6.07, 6.45) is -3.25. The lowest BCUT2D eigenvalue weighted by atomic mass is 9.93. The molecule has 1 saturated heterocycles. The number of ether oxygens (including phenoxy) is 1. The average molecular weight is 404 g/mol. The molecular weight excluding hydrogens is 385 g/mol. The minimum Gasteiger partial charge on any atom is -0.497 e. The number of carbonyl (C=O) groups excluding carboxylic acids is 1. The first-order valence-corrected chi connectivity index (χ1v) is 9.16. The molecule has 0 aliphatic carbocycles. The highest BCUT2D eigenvalue weighted by Crippen LogP contribution is 2.36. The Bertz CT molecular complexity index is 939. The van der Waals surface area contributed by atoms with Crippen molar-refractivity contribution in [3.05, 3.63) is 65.2 Å². The Balaban J connectivity index is 1.42. The van der Waals surface area contributed by atoms with E-state index in [0.717, 1.165) is 29.2 Å². The Morgan fingerprint density at radius 1 is 1.14 bits per heavy atom. The molecule has 2 heterocycles. The molecule has 2 aliphatic rings. The van der Waals surface area contributed by atoms with E-state index in [9.17, 15) is 18.0 Å². The van der Waals surface area contributed by atoms with Crippen LogP contribution in [0.3, 0.4) is 0 Å². The topological polar surface area (TPSA) is 51.1 Å². The number of hydrogen-bond donors (Lipinski definition) is 0. The van der Waals surface area contributed by atoms with Gasteiger partial charge in [-0.1, -0.05) is 5.16 Å². The third-order valence-electron chi connectivity index (χ3n) is 5.33. The highest BCUT2D eigenvalue weighted by atomic mass is 19.4. The summed E-state index contributed by atoms with van der Waals surface area (Å²) in [5.74, 6) is 0.439. The van der Waals surface area contributed by atoms with Gasteiger partial charge in [-0.3, -0.25) is 4.79 Å². The summed E-state index contributed by atoms with van der Waals surface area (Å²) in [7, 11) is 1.60. The number of methoxy groups -OCH3 is 1. The second-order valence-electron chi connectivity index (χ2n) is 7.27. The monoisotopic (exact) mass is 404 g/mol. The van der Waals surface area contributed by atoms with E-state index < -0.39 is 17.3 Å². The number of oxime groups is 1. The van der Waals surface area contributed by atoms with Crippen LogP contribution in [0.2, 0.25) is 0 Å². The Kier molecular flexibility index (Phi) is 4.72. The van der Waals surface area contributed by atoms with E-state index in [-0.39, 0.29) is 11.5 Å². The van der Waals surface area contributed by atoms with E-state index in [1.807, 2.05) is 24.3 Å². The van der Waals surface area contributed by atoms with Gasteiger partial charge < -0.3 is 14.5 Å². The van der Waals surface area contributed by atoms with Crippen molar-refractivity contribution in [3.63, 3.8) is 0 Å². The molecule has 8 heteroatoms. The SMILES string of the molecule is COc1ccc(C2=NOC3(CCN(C(=O)c4ccc(C(F)(F)F)cc4)C3)C2)cc1. The molecule has 0 aromatic heterocycles. The summed E-state index contributed by atoms with van der Waals surface area (Å²) in [5, 5.41) is 4.21. The van der Waals surface area contributed by atoms with Crippen LogP contribution in [0.25, 0.3) is 0 Å². The van der Waals surface area contributed by atoms with Gasteiger partial charge in [-0.25, -0.2) is 0 Å². The molecule has 2 aromatic carbocycles. The minimum absolute atomic E-state index is 0.226. The van der Waals surface area contributed by atoms with Crippen LogP contribution >= 0.6 is 0 Å².